The van der Waals surface area contributed by atoms with E-state index in [9.17, 15) is 0 Å². The average Bonchev–Trinajstić information content (AvgIpc) is 3.02. The van der Waals surface area contributed by atoms with Crippen LogP contribution in [0.4, 0.5) is 0 Å². The monoisotopic (exact) mass is 262 g/mol. The molecule has 2 fully saturated rings. The van der Waals surface area contributed by atoms with Crippen LogP contribution >= 0.6 is 0 Å². The van der Waals surface area contributed by atoms with Crippen LogP contribution in [0.5, 0.6) is 0 Å². The highest BCUT2D eigenvalue weighted by atomic mass is 15.3. The molecule has 2 heterocycles. The molecule has 1 aliphatic heterocycles. The Morgan fingerprint density at radius 2 is 2.16 bits per heavy atom. The zero-order valence-corrected chi connectivity index (χ0v) is 12.2. The van der Waals surface area contributed by atoms with E-state index in [1.807, 2.05) is 0 Å². The molecular formula is C15H26N4. The van der Waals surface area contributed by atoms with Gasteiger partial charge in [-0.2, -0.15) is 5.10 Å². The van der Waals surface area contributed by atoms with Crippen molar-refractivity contribution in [1.82, 2.24) is 20.0 Å². The van der Waals surface area contributed by atoms with Gasteiger partial charge in [-0.25, -0.2) is 0 Å². The van der Waals surface area contributed by atoms with Gasteiger partial charge in [0.1, 0.15) is 0 Å². The molecule has 1 N–H and O–H groups in total. The zero-order valence-electron chi connectivity index (χ0n) is 12.2. The minimum atomic E-state index is 0.417. The summed E-state index contributed by atoms with van der Waals surface area (Å²) >= 11 is 0. The van der Waals surface area contributed by atoms with Crippen molar-refractivity contribution in [3.63, 3.8) is 0 Å². The van der Waals surface area contributed by atoms with Gasteiger partial charge in [0.15, 0.2) is 0 Å². The van der Waals surface area contributed by atoms with Crippen molar-refractivity contribution in [3.05, 3.63) is 18.0 Å². The standard InChI is InChI=1S/C15H26N4/c1-13(2)19-9-5-14(17-19)11-18-10-8-16-12-15(18)6-3-4-7-15/h5,9,13,16H,3-4,6-8,10-12H2,1-2H3. The molecule has 1 saturated carbocycles. The Bertz CT molecular complexity index is 418. The summed E-state index contributed by atoms with van der Waals surface area (Å²) in [6, 6.07) is 2.64. The fraction of sp³-hybridized carbons (Fsp3) is 0.800. The van der Waals surface area contributed by atoms with Gasteiger partial charge in [0, 0.05) is 44.0 Å². The number of aromatic nitrogens is 2. The van der Waals surface area contributed by atoms with Crippen LogP contribution in [0.15, 0.2) is 12.3 Å². The Kier molecular flexibility index (Phi) is 3.63. The molecule has 4 nitrogen and oxygen atoms in total. The molecule has 19 heavy (non-hydrogen) atoms. The van der Waals surface area contributed by atoms with E-state index in [0.717, 1.165) is 26.2 Å². The van der Waals surface area contributed by atoms with Gasteiger partial charge in [-0.05, 0) is 32.8 Å². The maximum absolute atomic E-state index is 4.71. The van der Waals surface area contributed by atoms with E-state index >= 15 is 0 Å². The Morgan fingerprint density at radius 1 is 1.37 bits per heavy atom. The van der Waals surface area contributed by atoms with Gasteiger partial charge in [0.2, 0.25) is 0 Å². The van der Waals surface area contributed by atoms with Crippen molar-refractivity contribution in [1.29, 1.82) is 0 Å². The van der Waals surface area contributed by atoms with Gasteiger partial charge in [-0.15, -0.1) is 0 Å². The summed E-state index contributed by atoms with van der Waals surface area (Å²) in [7, 11) is 0. The lowest BCUT2D eigenvalue weighted by molar-refractivity contribution is 0.0558. The topological polar surface area (TPSA) is 33.1 Å². The molecule has 0 amide bonds. The highest BCUT2D eigenvalue weighted by Crippen LogP contribution is 2.36. The zero-order chi connectivity index (χ0) is 13.3. The van der Waals surface area contributed by atoms with Gasteiger partial charge < -0.3 is 5.32 Å². The second-order valence-electron chi connectivity index (χ2n) is 6.41. The van der Waals surface area contributed by atoms with Crippen molar-refractivity contribution >= 4 is 0 Å². The van der Waals surface area contributed by atoms with E-state index < -0.39 is 0 Å². The highest BCUT2D eigenvalue weighted by Gasteiger charge is 2.41. The molecule has 0 radical (unpaired) electrons. The van der Waals surface area contributed by atoms with Crippen LogP contribution in [0.2, 0.25) is 0 Å². The Hall–Kier alpha value is -0.870. The third-order valence-electron chi connectivity index (χ3n) is 4.76. The second-order valence-corrected chi connectivity index (χ2v) is 6.41. The second kappa shape index (κ2) is 5.25. The largest absolute Gasteiger partial charge is 0.314 e. The molecule has 1 saturated heterocycles. The van der Waals surface area contributed by atoms with Crippen molar-refractivity contribution < 1.29 is 0 Å². The van der Waals surface area contributed by atoms with Crippen LogP contribution < -0.4 is 5.32 Å². The molecule has 3 rings (SSSR count). The van der Waals surface area contributed by atoms with Crippen LogP contribution in [0.3, 0.4) is 0 Å². The number of nitrogens with zero attached hydrogens (tertiary/aromatic N) is 3. The first kappa shape index (κ1) is 13.1. The molecule has 1 aromatic heterocycles. The molecule has 2 aliphatic rings. The van der Waals surface area contributed by atoms with Gasteiger partial charge in [0.05, 0.1) is 5.69 Å². The average molecular weight is 262 g/mol. The smallest absolute Gasteiger partial charge is 0.0765 e. The van der Waals surface area contributed by atoms with E-state index in [1.165, 1.54) is 31.4 Å². The quantitative estimate of drug-likeness (QED) is 0.906. The summed E-state index contributed by atoms with van der Waals surface area (Å²) in [5.41, 5.74) is 1.64. The fourth-order valence-electron chi connectivity index (χ4n) is 3.60. The predicted octanol–water partition coefficient (Wildman–Crippen LogP) is 2.18. The van der Waals surface area contributed by atoms with Crippen molar-refractivity contribution in [2.24, 2.45) is 0 Å². The first-order valence-corrected chi connectivity index (χ1v) is 7.69. The van der Waals surface area contributed by atoms with Crippen molar-refractivity contribution in [3.8, 4) is 0 Å². The number of rotatable bonds is 3. The Labute approximate surface area is 116 Å². The summed E-state index contributed by atoms with van der Waals surface area (Å²) in [6.45, 7) is 8.82. The predicted molar refractivity (Wildman–Crippen MR) is 77.1 cm³/mol. The van der Waals surface area contributed by atoms with E-state index in [0.29, 0.717) is 11.6 Å². The SMILES string of the molecule is CC(C)n1ccc(CN2CCNCC23CCCC3)n1. The van der Waals surface area contributed by atoms with Gasteiger partial charge >= 0.3 is 0 Å². The fourth-order valence-corrected chi connectivity index (χ4v) is 3.60. The van der Waals surface area contributed by atoms with Crippen LogP contribution in [0.25, 0.3) is 0 Å². The molecule has 0 unspecified atom stereocenters. The summed E-state index contributed by atoms with van der Waals surface area (Å²) in [4.78, 5) is 2.68. The lowest BCUT2D eigenvalue weighted by Crippen LogP contribution is -2.59. The Morgan fingerprint density at radius 3 is 2.84 bits per heavy atom. The van der Waals surface area contributed by atoms with Crippen LogP contribution in [-0.2, 0) is 6.54 Å². The lowest BCUT2D eigenvalue weighted by atomic mass is 9.92. The highest BCUT2D eigenvalue weighted by molar-refractivity contribution is 5.05. The van der Waals surface area contributed by atoms with Crippen LogP contribution in [-0.4, -0.2) is 39.9 Å². The molecule has 0 atom stereocenters. The normalized spacial score (nSPS) is 23.5. The molecule has 106 valence electrons. The molecule has 4 heteroatoms. The van der Waals surface area contributed by atoms with Crippen LogP contribution in [0, 0.1) is 0 Å². The molecule has 1 aliphatic carbocycles. The summed E-state index contributed by atoms with van der Waals surface area (Å²) in [5.74, 6) is 0. The van der Waals surface area contributed by atoms with E-state index in [1.54, 1.807) is 0 Å². The van der Waals surface area contributed by atoms with Crippen molar-refractivity contribution in [2.45, 2.75) is 57.7 Å². The number of hydrogen-bond acceptors (Lipinski definition) is 3. The van der Waals surface area contributed by atoms with E-state index in [4.69, 9.17) is 5.10 Å². The summed E-state index contributed by atoms with van der Waals surface area (Å²) in [6.07, 6.45) is 7.59. The molecule has 0 bridgehead atoms. The third kappa shape index (κ3) is 2.56. The maximum atomic E-state index is 4.71. The molecular weight excluding hydrogens is 236 g/mol. The van der Waals surface area contributed by atoms with E-state index in [-0.39, 0.29) is 0 Å². The first-order valence-electron chi connectivity index (χ1n) is 7.69. The summed E-state index contributed by atoms with van der Waals surface area (Å²) < 4.78 is 2.07. The summed E-state index contributed by atoms with van der Waals surface area (Å²) in [5, 5.41) is 8.30. The lowest BCUT2D eigenvalue weighted by Gasteiger charge is -2.45. The maximum Gasteiger partial charge on any atom is 0.0765 e. The van der Waals surface area contributed by atoms with E-state index in [2.05, 4.69) is 41.0 Å². The number of hydrogen-bond donors (Lipinski definition) is 1. The van der Waals surface area contributed by atoms with Gasteiger partial charge in [0.25, 0.3) is 0 Å². The minimum absolute atomic E-state index is 0.417. The third-order valence-corrected chi connectivity index (χ3v) is 4.76. The number of piperazine rings is 1. The van der Waals surface area contributed by atoms with Crippen molar-refractivity contribution in [2.75, 3.05) is 19.6 Å². The van der Waals surface area contributed by atoms with Gasteiger partial charge in [-0.1, -0.05) is 12.8 Å². The minimum Gasteiger partial charge on any atom is -0.314 e. The van der Waals surface area contributed by atoms with Gasteiger partial charge in [-0.3, -0.25) is 9.58 Å². The molecule has 1 spiro atoms. The molecule has 1 aromatic rings. The molecule has 0 aromatic carbocycles. The first-order chi connectivity index (χ1) is 9.20. The Balaban J connectivity index is 1.72. The number of nitrogens with one attached hydrogen (secondary N) is 1. The van der Waals surface area contributed by atoms with Crippen LogP contribution in [0.1, 0.15) is 51.3 Å².